The van der Waals surface area contributed by atoms with Crippen LogP contribution < -0.4 is 0 Å². The highest BCUT2D eigenvalue weighted by Gasteiger charge is 2.42. The molecule has 1 aliphatic heterocycles. The molecule has 1 saturated heterocycles. The number of likely N-dealkylation sites (tertiary alicyclic amines) is 1. The van der Waals surface area contributed by atoms with E-state index < -0.39 is 5.60 Å². The van der Waals surface area contributed by atoms with E-state index in [1.54, 1.807) is 12.1 Å². The molecule has 8 heteroatoms. The van der Waals surface area contributed by atoms with Gasteiger partial charge in [0.2, 0.25) is 0 Å². The van der Waals surface area contributed by atoms with E-state index in [0.717, 1.165) is 70.1 Å². The first kappa shape index (κ1) is 36.3. The number of halogens is 1. The van der Waals surface area contributed by atoms with E-state index in [2.05, 4.69) is 47.1 Å². The Morgan fingerprint density at radius 3 is 2.21 bits per heavy atom. The second-order valence-electron chi connectivity index (χ2n) is 15.4. The Kier molecular flexibility index (Phi) is 12.9. The van der Waals surface area contributed by atoms with Crippen LogP contribution >= 0.6 is 0 Å². The van der Waals surface area contributed by atoms with Gasteiger partial charge < -0.3 is 19.3 Å². The van der Waals surface area contributed by atoms with Crippen molar-refractivity contribution in [2.45, 2.75) is 128 Å². The number of amides is 1. The molecule has 5 rings (SSSR count). The third-order valence-electron chi connectivity index (χ3n) is 10.6. The fourth-order valence-corrected chi connectivity index (χ4v) is 8.39. The first-order chi connectivity index (χ1) is 23.1. The van der Waals surface area contributed by atoms with Crippen LogP contribution in [0.3, 0.4) is 0 Å². The monoisotopic (exact) mass is 663 g/mol. The summed E-state index contributed by atoms with van der Waals surface area (Å²) < 4.78 is 24.8. The number of carbonyl (C=O) groups is 2. The van der Waals surface area contributed by atoms with Gasteiger partial charge in [-0.25, -0.2) is 9.18 Å². The fraction of sp³-hybridized carbons (Fsp3) is 0.650. The summed E-state index contributed by atoms with van der Waals surface area (Å²) in [5, 5.41) is 0. The minimum atomic E-state index is -0.488. The first-order valence-corrected chi connectivity index (χ1v) is 18.5. The van der Waals surface area contributed by atoms with Gasteiger partial charge in [0.1, 0.15) is 18.0 Å². The van der Waals surface area contributed by atoms with Crippen LogP contribution in [0.15, 0.2) is 54.6 Å². The molecule has 0 N–H and O–H groups in total. The van der Waals surface area contributed by atoms with Crippen molar-refractivity contribution in [2.75, 3.05) is 32.7 Å². The standard InChI is InChI=1S/C40H58FN3O4/c1-5-22-43(39(46)47-29-30-16-18-33(41)19-17-30)35-20-23-42(24-21-35)27-32-25-36(26-37(32)31-12-8-6-9-13-31)44(34-14-10-7-11-15-34)28-38(45)48-40(2,3)4/h6,8-9,12-13,16-19,32,34-37H,5,7,10-11,14-15,20-29H2,1-4H3. The average Bonchev–Trinajstić information content (AvgIpc) is 3.49. The molecule has 3 fully saturated rings. The van der Waals surface area contributed by atoms with Crippen molar-refractivity contribution < 1.29 is 23.5 Å². The predicted molar refractivity (Wildman–Crippen MR) is 188 cm³/mol. The molecular weight excluding hydrogens is 605 g/mol. The molecule has 0 bridgehead atoms. The molecule has 3 unspecified atom stereocenters. The van der Waals surface area contributed by atoms with Crippen LogP contribution in [-0.4, -0.2) is 83.2 Å². The van der Waals surface area contributed by atoms with Crippen LogP contribution in [-0.2, 0) is 20.9 Å². The number of piperidine rings is 1. The molecular formula is C40H58FN3O4. The van der Waals surface area contributed by atoms with Gasteiger partial charge in [0.25, 0.3) is 0 Å². The Bertz CT molecular complexity index is 1290. The first-order valence-electron chi connectivity index (χ1n) is 18.5. The third kappa shape index (κ3) is 10.3. The summed E-state index contributed by atoms with van der Waals surface area (Å²) in [6.07, 6.45) is 10.6. The second-order valence-corrected chi connectivity index (χ2v) is 15.4. The normalized spacial score (nSPS) is 22.9. The lowest BCUT2D eigenvalue weighted by Gasteiger charge is -2.39. The predicted octanol–water partition coefficient (Wildman–Crippen LogP) is 8.18. The van der Waals surface area contributed by atoms with Gasteiger partial charge in [-0.1, -0.05) is 68.7 Å². The van der Waals surface area contributed by atoms with Gasteiger partial charge in [-0.2, -0.15) is 0 Å². The highest BCUT2D eigenvalue weighted by atomic mass is 19.1. The molecule has 2 aromatic carbocycles. The van der Waals surface area contributed by atoms with Crippen molar-refractivity contribution in [1.82, 2.24) is 14.7 Å². The number of rotatable bonds is 12. The number of nitrogens with zero attached hydrogens (tertiary/aromatic N) is 3. The van der Waals surface area contributed by atoms with Gasteiger partial charge in [-0.05, 0) is 101 Å². The maximum Gasteiger partial charge on any atom is 0.410 e. The van der Waals surface area contributed by atoms with Crippen LogP contribution in [0.5, 0.6) is 0 Å². The number of carbonyl (C=O) groups excluding carboxylic acids is 2. The average molecular weight is 664 g/mol. The van der Waals surface area contributed by atoms with E-state index in [4.69, 9.17) is 9.47 Å². The topological polar surface area (TPSA) is 62.3 Å². The summed E-state index contributed by atoms with van der Waals surface area (Å²) in [7, 11) is 0. The smallest absolute Gasteiger partial charge is 0.410 e. The molecule has 0 radical (unpaired) electrons. The second kappa shape index (κ2) is 17.1. The Morgan fingerprint density at radius 1 is 0.875 bits per heavy atom. The summed E-state index contributed by atoms with van der Waals surface area (Å²) in [4.78, 5) is 33.5. The Labute approximate surface area is 288 Å². The van der Waals surface area contributed by atoms with Gasteiger partial charge in [0, 0.05) is 44.3 Å². The largest absolute Gasteiger partial charge is 0.459 e. The van der Waals surface area contributed by atoms with Crippen LogP contribution in [0.1, 0.15) is 109 Å². The summed E-state index contributed by atoms with van der Waals surface area (Å²) in [6, 6.07) is 18.0. The maximum atomic E-state index is 13.3. The molecule has 48 heavy (non-hydrogen) atoms. The third-order valence-corrected chi connectivity index (χ3v) is 10.6. The van der Waals surface area contributed by atoms with Crippen LogP contribution in [0.25, 0.3) is 0 Å². The van der Waals surface area contributed by atoms with Gasteiger partial charge in [0.05, 0.1) is 6.54 Å². The Morgan fingerprint density at radius 2 is 1.56 bits per heavy atom. The van der Waals surface area contributed by atoms with Crippen molar-refractivity contribution in [3.63, 3.8) is 0 Å². The van der Waals surface area contributed by atoms with Crippen LogP contribution in [0, 0.1) is 11.7 Å². The Hall–Kier alpha value is -2.97. The minimum Gasteiger partial charge on any atom is -0.459 e. The SMILES string of the molecule is CCCN(C(=O)OCc1ccc(F)cc1)C1CCN(CC2CC(N(CC(=O)OC(C)(C)C)C3CCCCC3)CC2c2ccccc2)CC1. The zero-order valence-corrected chi connectivity index (χ0v) is 29.7. The molecule has 3 atom stereocenters. The Balaban J connectivity index is 1.23. The highest BCUT2D eigenvalue weighted by Crippen LogP contribution is 2.44. The van der Waals surface area contributed by atoms with Crippen molar-refractivity contribution in [3.05, 3.63) is 71.5 Å². The van der Waals surface area contributed by atoms with E-state index >= 15 is 0 Å². The van der Waals surface area contributed by atoms with E-state index in [1.807, 2.05) is 25.7 Å². The molecule has 2 aromatic rings. The van der Waals surface area contributed by atoms with E-state index in [1.165, 1.54) is 37.0 Å². The van der Waals surface area contributed by atoms with E-state index in [-0.39, 0.29) is 30.5 Å². The fourth-order valence-electron chi connectivity index (χ4n) is 8.39. The van der Waals surface area contributed by atoms with Crippen molar-refractivity contribution in [3.8, 4) is 0 Å². The molecule has 264 valence electrons. The molecule has 1 heterocycles. The van der Waals surface area contributed by atoms with Crippen LogP contribution in [0.4, 0.5) is 9.18 Å². The lowest BCUT2D eigenvalue weighted by molar-refractivity contribution is -0.157. The lowest BCUT2D eigenvalue weighted by atomic mass is 9.88. The summed E-state index contributed by atoms with van der Waals surface area (Å²) in [6.45, 7) is 12.1. The van der Waals surface area contributed by atoms with Crippen LogP contribution in [0.2, 0.25) is 0 Å². The molecule has 2 aliphatic carbocycles. The molecule has 0 spiro atoms. The van der Waals surface area contributed by atoms with Gasteiger partial charge in [-0.15, -0.1) is 0 Å². The van der Waals surface area contributed by atoms with Crippen molar-refractivity contribution in [2.24, 2.45) is 5.92 Å². The summed E-state index contributed by atoms with van der Waals surface area (Å²) >= 11 is 0. The van der Waals surface area contributed by atoms with E-state index in [9.17, 15) is 14.0 Å². The van der Waals surface area contributed by atoms with Crippen molar-refractivity contribution in [1.29, 1.82) is 0 Å². The number of hydrogen-bond acceptors (Lipinski definition) is 6. The van der Waals surface area contributed by atoms with Crippen molar-refractivity contribution >= 4 is 12.1 Å². The highest BCUT2D eigenvalue weighted by molar-refractivity contribution is 5.72. The van der Waals surface area contributed by atoms with Gasteiger partial charge in [-0.3, -0.25) is 9.69 Å². The maximum absolute atomic E-state index is 13.3. The molecule has 0 aromatic heterocycles. The number of benzene rings is 2. The quantitative estimate of drug-likeness (QED) is 0.214. The summed E-state index contributed by atoms with van der Waals surface area (Å²) in [5.74, 6) is 0.528. The minimum absolute atomic E-state index is 0.109. The zero-order chi connectivity index (χ0) is 34.1. The van der Waals surface area contributed by atoms with E-state index in [0.29, 0.717) is 37.0 Å². The molecule has 2 saturated carbocycles. The number of hydrogen-bond donors (Lipinski definition) is 0. The zero-order valence-electron chi connectivity index (χ0n) is 29.7. The van der Waals surface area contributed by atoms with Gasteiger partial charge in [0.15, 0.2) is 0 Å². The molecule has 3 aliphatic rings. The molecule has 1 amide bonds. The molecule has 7 nitrogen and oxygen atoms in total. The number of ether oxygens (including phenoxy) is 2. The van der Waals surface area contributed by atoms with Gasteiger partial charge >= 0.3 is 12.1 Å². The lowest BCUT2D eigenvalue weighted by Crippen LogP contribution is -2.49. The summed E-state index contributed by atoms with van der Waals surface area (Å²) in [5.41, 5.74) is 1.70. The number of esters is 1.